The second kappa shape index (κ2) is 4.82. The van der Waals surface area contributed by atoms with Crippen LogP contribution in [-0.2, 0) is 11.5 Å². The molecule has 0 aromatic carbocycles. The molecule has 0 radical (unpaired) electrons. The summed E-state index contributed by atoms with van der Waals surface area (Å²) < 4.78 is 77.1. The largest absolute Gasteiger partial charge is 0.573 e. The van der Waals surface area contributed by atoms with Crippen LogP contribution in [0.1, 0.15) is 11.3 Å². The number of pyridine rings is 1. The Hall–Kier alpha value is -1.19. The minimum Gasteiger partial charge on any atom is -0.506 e. The minimum atomic E-state index is -5.33. The fourth-order valence-corrected chi connectivity index (χ4v) is 1.52. The number of rotatable bonds is 2. The van der Waals surface area contributed by atoms with Gasteiger partial charge in [0.15, 0.2) is 5.75 Å². The highest BCUT2D eigenvalue weighted by Crippen LogP contribution is 2.44. The number of aromatic nitrogens is 1. The van der Waals surface area contributed by atoms with E-state index in [-0.39, 0.29) is 0 Å². The van der Waals surface area contributed by atoms with Crippen molar-refractivity contribution in [2.75, 3.05) is 0 Å². The molecule has 3 nitrogen and oxygen atoms in total. The summed E-state index contributed by atoms with van der Waals surface area (Å²) in [7, 11) is 0. The quantitative estimate of drug-likeness (QED) is 0.661. The molecule has 0 aliphatic heterocycles. The Kier molecular flexibility index (Phi) is 3.99. The van der Waals surface area contributed by atoms with E-state index in [1.807, 2.05) is 0 Å². The maximum Gasteiger partial charge on any atom is 0.573 e. The maximum atomic E-state index is 12.6. The monoisotopic (exact) mass is 339 g/mol. The van der Waals surface area contributed by atoms with Gasteiger partial charge in [-0.2, -0.15) is 13.2 Å². The zero-order chi connectivity index (χ0) is 14.1. The summed E-state index contributed by atoms with van der Waals surface area (Å²) in [4.78, 5) is 3.23. The molecule has 0 fully saturated rings. The zero-order valence-electron chi connectivity index (χ0n) is 8.23. The lowest BCUT2D eigenvalue weighted by Crippen LogP contribution is -2.21. The van der Waals surface area contributed by atoms with Gasteiger partial charge in [0.25, 0.3) is 0 Å². The van der Waals surface area contributed by atoms with E-state index in [0.29, 0.717) is 6.20 Å². The van der Waals surface area contributed by atoms with Crippen LogP contribution in [0.3, 0.4) is 0 Å². The Labute approximate surface area is 105 Å². The minimum absolute atomic E-state index is 0.401. The van der Waals surface area contributed by atoms with Crippen LogP contribution < -0.4 is 4.74 Å². The number of hydrogen-bond acceptors (Lipinski definition) is 3. The molecule has 1 heterocycles. The van der Waals surface area contributed by atoms with Crippen molar-refractivity contribution < 1.29 is 36.2 Å². The Morgan fingerprint density at radius 1 is 1.22 bits per heavy atom. The van der Waals surface area contributed by atoms with Gasteiger partial charge in [0.05, 0.1) is 11.9 Å². The Balaban J connectivity index is 3.47. The predicted octanol–water partition coefficient (Wildman–Crippen LogP) is 3.60. The number of nitrogens with zero attached hydrogens (tertiary/aromatic N) is 1. The molecule has 18 heavy (non-hydrogen) atoms. The molecule has 0 spiro atoms. The van der Waals surface area contributed by atoms with Crippen LogP contribution in [0.25, 0.3) is 0 Å². The summed E-state index contributed by atoms with van der Waals surface area (Å²) >= 11 is 2.68. The molecule has 1 N–H and O–H groups in total. The normalized spacial score (nSPS) is 12.6. The zero-order valence-corrected chi connectivity index (χ0v) is 9.82. The van der Waals surface area contributed by atoms with Crippen molar-refractivity contribution in [3.05, 3.63) is 17.5 Å². The van der Waals surface area contributed by atoms with E-state index in [4.69, 9.17) is 5.11 Å². The van der Waals surface area contributed by atoms with Crippen molar-refractivity contribution in [2.45, 2.75) is 17.9 Å². The molecule has 10 heteroatoms. The summed E-state index contributed by atoms with van der Waals surface area (Å²) in [5.41, 5.74) is -2.54. The van der Waals surface area contributed by atoms with Crippen LogP contribution in [0.4, 0.5) is 26.3 Å². The van der Waals surface area contributed by atoms with Gasteiger partial charge in [-0.25, -0.2) is 0 Å². The summed E-state index contributed by atoms with van der Waals surface area (Å²) in [5.74, 6) is -3.00. The molecular formula is C8H4BrF6NO2. The smallest absolute Gasteiger partial charge is 0.506 e. The molecule has 0 aliphatic carbocycles. The van der Waals surface area contributed by atoms with Crippen molar-refractivity contribution in [2.24, 2.45) is 0 Å². The van der Waals surface area contributed by atoms with Crippen molar-refractivity contribution in [3.8, 4) is 11.5 Å². The highest BCUT2D eigenvalue weighted by molar-refractivity contribution is 9.08. The first-order valence-electron chi connectivity index (χ1n) is 4.16. The average molecular weight is 340 g/mol. The maximum absolute atomic E-state index is 12.6. The van der Waals surface area contributed by atoms with E-state index < -0.39 is 40.6 Å². The molecule has 0 bridgehead atoms. The molecule has 102 valence electrons. The predicted molar refractivity (Wildman–Crippen MR) is 50.2 cm³/mol. The van der Waals surface area contributed by atoms with Crippen LogP contribution in [-0.4, -0.2) is 16.5 Å². The Bertz CT molecular complexity index is 444. The Morgan fingerprint density at radius 2 is 1.78 bits per heavy atom. The van der Waals surface area contributed by atoms with Crippen LogP contribution >= 0.6 is 15.9 Å². The van der Waals surface area contributed by atoms with Gasteiger partial charge in [-0.05, 0) is 0 Å². The fraction of sp³-hybridized carbons (Fsp3) is 0.375. The van der Waals surface area contributed by atoms with E-state index in [1.165, 1.54) is 0 Å². The van der Waals surface area contributed by atoms with E-state index in [2.05, 4.69) is 25.7 Å². The van der Waals surface area contributed by atoms with Gasteiger partial charge in [-0.3, -0.25) is 4.98 Å². The van der Waals surface area contributed by atoms with E-state index >= 15 is 0 Å². The number of hydrogen-bond donors (Lipinski definition) is 1. The lowest BCUT2D eigenvalue weighted by molar-refractivity contribution is -0.276. The van der Waals surface area contributed by atoms with Gasteiger partial charge in [0.1, 0.15) is 11.3 Å². The molecule has 1 rings (SSSR count). The summed E-state index contributed by atoms with van der Waals surface area (Å²) in [6.45, 7) is 0. The highest BCUT2D eigenvalue weighted by Gasteiger charge is 2.43. The number of alkyl halides is 7. The molecule has 0 saturated carbocycles. The molecule has 0 saturated heterocycles. The van der Waals surface area contributed by atoms with Crippen LogP contribution in [0, 0.1) is 0 Å². The van der Waals surface area contributed by atoms with Crippen LogP contribution in [0.2, 0.25) is 0 Å². The lowest BCUT2D eigenvalue weighted by Gasteiger charge is -2.18. The molecule has 1 aromatic rings. The molecule has 0 amide bonds. The summed E-state index contributed by atoms with van der Waals surface area (Å²) in [5, 5.41) is 8.60. The average Bonchev–Trinajstić information content (AvgIpc) is 2.13. The van der Waals surface area contributed by atoms with E-state index in [0.717, 1.165) is 0 Å². The van der Waals surface area contributed by atoms with Gasteiger partial charge in [-0.15, -0.1) is 13.2 Å². The topological polar surface area (TPSA) is 42.4 Å². The van der Waals surface area contributed by atoms with Gasteiger partial charge < -0.3 is 9.84 Å². The second-order valence-electron chi connectivity index (χ2n) is 2.97. The number of aromatic hydroxyl groups is 1. The third kappa shape index (κ3) is 3.40. The third-order valence-corrected chi connectivity index (χ3v) is 2.25. The van der Waals surface area contributed by atoms with E-state index in [9.17, 15) is 26.3 Å². The molecule has 0 atom stereocenters. The number of ether oxygens (including phenoxy) is 1. The number of halogens is 7. The lowest BCUT2D eigenvalue weighted by atomic mass is 10.2. The fourth-order valence-electron chi connectivity index (χ4n) is 1.12. The van der Waals surface area contributed by atoms with Crippen molar-refractivity contribution in [3.63, 3.8) is 0 Å². The standard InChI is InChI=1S/C8H4BrF6NO2/c9-1-3-6(18-8(13,14)15)5(7(10,11)12)4(17)2-16-3/h2,17H,1H2. The van der Waals surface area contributed by atoms with Crippen LogP contribution in [0.5, 0.6) is 11.5 Å². The van der Waals surface area contributed by atoms with Crippen molar-refractivity contribution in [1.29, 1.82) is 0 Å². The van der Waals surface area contributed by atoms with Gasteiger partial charge >= 0.3 is 12.5 Å². The Morgan fingerprint density at radius 3 is 2.17 bits per heavy atom. The molecular weight excluding hydrogens is 336 g/mol. The summed E-state index contributed by atoms with van der Waals surface area (Å²) in [6.07, 6.45) is -10.1. The first kappa shape index (κ1) is 14.9. The van der Waals surface area contributed by atoms with Gasteiger partial charge in [0, 0.05) is 5.33 Å². The van der Waals surface area contributed by atoms with Crippen molar-refractivity contribution in [1.82, 2.24) is 4.98 Å². The van der Waals surface area contributed by atoms with E-state index in [1.54, 1.807) is 0 Å². The molecule has 1 aromatic heterocycles. The first-order chi connectivity index (χ1) is 8.06. The van der Waals surface area contributed by atoms with Gasteiger partial charge in [-0.1, -0.05) is 15.9 Å². The van der Waals surface area contributed by atoms with Gasteiger partial charge in [0.2, 0.25) is 0 Å². The van der Waals surface area contributed by atoms with Crippen molar-refractivity contribution >= 4 is 15.9 Å². The summed E-state index contributed by atoms with van der Waals surface area (Å²) in [6, 6.07) is 0. The first-order valence-corrected chi connectivity index (χ1v) is 5.28. The second-order valence-corrected chi connectivity index (χ2v) is 3.53. The SMILES string of the molecule is Oc1cnc(CBr)c(OC(F)(F)F)c1C(F)(F)F. The molecule has 0 unspecified atom stereocenters. The third-order valence-electron chi connectivity index (χ3n) is 1.72. The van der Waals surface area contributed by atoms with Crippen LogP contribution in [0.15, 0.2) is 6.20 Å². The molecule has 0 aliphatic rings. The highest BCUT2D eigenvalue weighted by atomic mass is 79.9.